The Morgan fingerprint density at radius 3 is 2.64 bits per heavy atom. The zero-order valence-electron chi connectivity index (χ0n) is 12.6. The lowest BCUT2D eigenvalue weighted by molar-refractivity contribution is 0.415. The van der Waals surface area contributed by atoms with Crippen LogP contribution >= 0.6 is 0 Å². The number of ether oxygens (including phenoxy) is 1. The van der Waals surface area contributed by atoms with Gasteiger partial charge in [-0.05, 0) is 30.2 Å². The smallest absolute Gasteiger partial charge is 0.134 e. The fourth-order valence-electron chi connectivity index (χ4n) is 3.14. The predicted octanol–water partition coefficient (Wildman–Crippen LogP) is 3.85. The van der Waals surface area contributed by atoms with Gasteiger partial charge in [0.1, 0.15) is 17.1 Å². The predicted molar refractivity (Wildman–Crippen MR) is 87.3 cm³/mol. The van der Waals surface area contributed by atoms with Gasteiger partial charge in [0.2, 0.25) is 0 Å². The third-order valence-electron chi connectivity index (χ3n) is 4.43. The van der Waals surface area contributed by atoms with Crippen molar-refractivity contribution in [3.63, 3.8) is 0 Å². The van der Waals surface area contributed by atoms with E-state index in [-0.39, 0.29) is 6.04 Å². The zero-order chi connectivity index (χ0) is 15.1. The number of furan rings is 1. The van der Waals surface area contributed by atoms with Gasteiger partial charge in [-0.1, -0.05) is 30.3 Å². The van der Waals surface area contributed by atoms with E-state index < -0.39 is 0 Å². The van der Waals surface area contributed by atoms with Gasteiger partial charge in [0.15, 0.2) is 0 Å². The first kappa shape index (κ1) is 13.4. The molecule has 2 aromatic carbocycles. The van der Waals surface area contributed by atoms with Crippen molar-refractivity contribution in [2.75, 3.05) is 7.11 Å². The molecule has 22 heavy (non-hydrogen) atoms. The Morgan fingerprint density at radius 1 is 1.18 bits per heavy atom. The Labute approximate surface area is 129 Å². The fourth-order valence-corrected chi connectivity index (χ4v) is 3.14. The third kappa shape index (κ3) is 2.28. The highest BCUT2D eigenvalue weighted by atomic mass is 16.5. The van der Waals surface area contributed by atoms with Crippen LogP contribution in [-0.4, -0.2) is 13.2 Å². The SMILES string of the molecule is COc1ccc2oc(Cc3ccccc3)c(C3CC3N)c2c1. The maximum Gasteiger partial charge on any atom is 0.134 e. The molecule has 0 radical (unpaired) electrons. The van der Waals surface area contributed by atoms with Crippen molar-refractivity contribution in [2.45, 2.75) is 24.8 Å². The largest absolute Gasteiger partial charge is 0.497 e. The number of rotatable bonds is 4. The zero-order valence-corrected chi connectivity index (χ0v) is 12.6. The highest BCUT2D eigenvalue weighted by Gasteiger charge is 2.39. The highest BCUT2D eigenvalue weighted by molar-refractivity contribution is 5.85. The lowest BCUT2D eigenvalue weighted by Crippen LogP contribution is -2.02. The highest BCUT2D eigenvalue weighted by Crippen LogP contribution is 2.46. The first-order chi connectivity index (χ1) is 10.8. The topological polar surface area (TPSA) is 48.4 Å². The molecule has 3 heteroatoms. The summed E-state index contributed by atoms with van der Waals surface area (Å²) in [5.41, 5.74) is 9.55. The molecule has 0 bridgehead atoms. The van der Waals surface area contributed by atoms with Crippen LogP contribution in [0.5, 0.6) is 5.75 Å². The summed E-state index contributed by atoms with van der Waals surface area (Å²) in [7, 11) is 1.69. The standard InChI is InChI=1S/C19H19NO2/c1-21-13-7-8-17-15(10-13)19(14-11-16(14)20)18(22-17)9-12-5-3-2-4-6-12/h2-8,10,14,16H,9,11,20H2,1H3. The van der Waals surface area contributed by atoms with Crippen LogP contribution in [0.25, 0.3) is 11.0 Å². The van der Waals surface area contributed by atoms with Crippen LogP contribution in [0, 0.1) is 0 Å². The quantitative estimate of drug-likeness (QED) is 0.795. The summed E-state index contributed by atoms with van der Waals surface area (Å²) in [5, 5.41) is 1.14. The monoisotopic (exact) mass is 293 g/mol. The number of nitrogens with two attached hydrogens (primary N) is 1. The maximum absolute atomic E-state index is 6.14. The molecule has 1 saturated carbocycles. The Bertz CT molecular complexity index is 807. The molecule has 3 aromatic rings. The van der Waals surface area contributed by atoms with E-state index in [2.05, 4.69) is 30.3 Å². The van der Waals surface area contributed by atoms with Gasteiger partial charge in [-0.25, -0.2) is 0 Å². The van der Waals surface area contributed by atoms with Gasteiger partial charge < -0.3 is 14.9 Å². The Hall–Kier alpha value is -2.26. The minimum Gasteiger partial charge on any atom is -0.497 e. The van der Waals surface area contributed by atoms with E-state index in [1.54, 1.807) is 7.11 Å². The van der Waals surface area contributed by atoms with Crippen molar-refractivity contribution in [1.82, 2.24) is 0 Å². The molecule has 0 amide bonds. The second-order valence-corrected chi connectivity index (χ2v) is 5.97. The summed E-state index contributed by atoms with van der Waals surface area (Å²) < 4.78 is 11.5. The second kappa shape index (κ2) is 5.18. The molecule has 0 aliphatic heterocycles. The van der Waals surface area contributed by atoms with Crippen molar-refractivity contribution in [1.29, 1.82) is 0 Å². The second-order valence-electron chi connectivity index (χ2n) is 5.97. The van der Waals surface area contributed by atoms with Gasteiger partial charge in [0.05, 0.1) is 7.11 Å². The molecule has 4 rings (SSSR count). The molecule has 1 aromatic heterocycles. The number of hydrogen-bond acceptors (Lipinski definition) is 3. The van der Waals surface area contributed by atoms with E-state index in [1.807, 2.05) is 18.2 Å². The summed E-state index contributed by atoms with van der Waals surface area (Å²) in [5.74, 6) is 2.30. The summed E-state index contributed by atoms with van der Waals surface area (Å²) in [6, 6.07) is 16.6. The van der Waals surface area contributed by atoms with E-state index in [4.69, 9.17) is 14.9 Å². The average molecular weight is 293 g/mol. The Balaban J connectivity index is 1.83. The first-order valence-electron chi connectivity index (χ1n) is 7.65. The molecule has 1 aliphatic rings. The van der Waals surface area contributed by atoms with Crippen LogP contribution in [0.2, 0.25) is 0 Å². The molecule has 1 aliphatic carbocycles. The van der Waals surface area contributed by atoms with E-state index in [0.29, 0.717) is 5.92 Å². The van der Waals surface area contributed by atoms with E-state index >= 15 is 0 Å². The van der Waals surface area contributed by atoms with Gasteiger partial charge in [-0.2, -0.15) is 0 Å². The van der Waals surface area contributed by atoms with Crippen LogP contribution in [0.3, 0.4) is 0 Å². The molecule has 1 fully saturated rings. The van der Waals surface area contributed by atoms with E-state index in [1.165, 1.54) is 11.1 Å². The third-order valence-corrected chi connectivity index (χ3v) is 4.43. The number of fused-ring (bicyclic) bond motifs is 1. The van der Waals surface area contributed by atoms with Gasteiger partial charge in [0.25, 0.3) is 0 Å². The summed E-state index contributed by atoms with van der Waals surface area (Å²) in [6.07, 6.45) is 1.84. The Kier molecular flexibility index (Phi) is 3.16. The molecule has 0 spiro atoms. The lowest BCUT2D eigenvalue weighted by atomic mass is 10.0. The van der Waals surface area contributed by atoms with Crippen LogP contribution < -0.4 is 10.5 Å². The van der Waals surface area contributed by atoms with Gasteiger partial charge in [-0.3, -0.25) is 0 Å². The van der Waals surface area contributed by atoms with E-state index in [9.17, 15) is 0 Å². The number of hydrogen-bond donors (Lipinski definition) is 1. The molecule has 112 valence electrons. The summed E-state index contributed by atoms with van der Waals surface area (Å²) in [6.45, 7) is 0. The van der Waals surface area contributed by atoms with Crippen molar-refractivity contribution in [2.24, 2.45) is 5.73 Å². The van der Waals surface area contributed by atoms with E-state index in [0.717, 1.165) is 35.3 Å². The molecule has 2 unspecified atom stereocenters. The minimum atomic E-state index is 0.251. The van der Waals surface area contributed by atoms with Gasteiger partial charge >= 0.3 is 0 Å². The van der Waals surface area contributed by atoms with Crippen molar-refractivity contribution in [3.05, 3.63) is 65.4 Å². The molecule has 0 saturated heterocycles. The van der Waals surface area contributed by atoms with Crippen molar-refractivity contribution in [3.8, 4) is 5.75 Å². The normalized spacial score (nSPS) is 20.3. The summed E-state index contributed by atoms with van der Waals surface area (Å²) >= 11 is 0. The molecule has 3 nitrogen and oxygen atoms in total. The van der Waals surface area contributed by atoms with Crippen LogP contribution in [-0.2, 0) is 6.42 Å². The number of methoxy groups -OCH3 is 1. The average Bonchev–Trinajstić information content (AvgIpc) is 3.15. The van der Waals surface area contributed by atoms with Crippen LogP contribution in [0.1, 0.15) is 29.2 Å². The minimum absolute atomic E-state index is 0.251. The molecule has 2 atom stereocenters. The van der Waals surface area contributed by atoms with Gasteiger partial charge in [0, 0.05) is 29.3 Å². The maximum atomic E-state index is 6.14. The van der Waals surface area contributed by atoms with Crippen LogP contribution in [0.15, 0.2) is 52.9 Å². The molecule has 1 heterocycles. The number of benzene rings is 2. The van der Waals surface area contributed by atoms with Crippen LogP contribution in [0.4, 0.5) is 0 Å². The molecular formula is C19H19NO2. The van der Waals surface area contributed by atoms with Crippen molar-refractivity contribution < 1.29 is 9.15 Å². The first-order valence-corrected chi connectivity index (χ1v) is 7.65. The molecule has 2 N–H and O–H groups in total. The van der Waals surface area contributed by atoms with Crippen molar-refractivity contribution >= 4 is 11.0 Å². The summed E-state index contributed by atoms with van der Waals surface area (Å²) in [4.78, 5) is 0. The lowest BCUT2D eigenvalue weighted by Gasteiger charge is -2.03. The Morgan fingerprint density at radius 2 is 1.95 bits per heavy atom. The fraction of sp³-hybridized carbons (Fsp3) is 0.263. The molecular weight excluding hydrogens is 274 g/mol. The van der Waals surface area contributed by atoms with Gasteiger partial charge in [-0.15, -0.1) is 0 Å².